The number of hydrogen-bond donors (Lipinski definition) is 2. The van der Waals surface area contributed by atoms with Gasteiger partial charge in [-0.15, -0.1) is 0 Å². The van der Waals surface area contributed by atoms with Crippen LogP contribution in [0.2, 0.25) is 0 Å². The highest BCUT2D eigenvalue weighted by molar-refractivity contribution is 5.80. The van der Waals surface area contributed by atoms with E-state index in [1.807, 2.05) is 24.6 Å². The molecule has 1 aromatic carbocycles. The molecule has 1 unspecified atom stereocenters. The second-order valence-corrected chi connectivity index (χ2v) is 6.75. The van der Waals surface area contributed by atoms with Crippen molar-refractivity contribution < 1.29 is 9.13 Å². The van der Waals surface area contributed by atoms with Gasteiger partial charge in [0, 0.05) is 25.4 Å². The van der Waals surface area contributed by atoms with Crippen LogP contribution in [0.15, 0.2) is 23.2 Å². The van der Waals surface area contributed by atoms with Crippen molar-refractivity contribution in [3.63, 3.8) is 0 Å². The Bertz CT molecular complexity index is 819. The van der Waals surface area contributed by atoms with Gasteiger partial charge in [0.1, 0.15) is 5.82 Å². The average molecular weight is 388 g/mol. The number of aliphatic imine (C=N–C) groups is 1. The zero-order chi connectivity index (χ0) is 19.9. The minimum Gasteiger partial charge on any atom is -0.491 e. The van der Waals surface area contributed by atoms with Crippen LogP contribution in [-0.4, -0.2) is 39.9 Å². The highest BCUT2D eigenvalue weighted by atomic mass is 19.1. The highest BCUT2D eigenvalue weighted by Gasteiger charge is 2.22. The van der Waals surface area contributed by atoms with Crippen LogP contribution in [0, 0.1) is 5.82 Å². The lowest BCUT2D eigenvalue weighted by Gasteiger charge is -2.25. The summed E-state index contributed by atoms with van der Waals surface area (Å²) in [7, 11) is 0. The first-order valence-corrected chi connectivity index (χ1v) is 10.0. The molecule has 0 amide bonds. The largest absolute Gasteiger partial charge is 0.491 e. The monoisotopic (exact) mass is 388 g/mol. The van der Waals surface area contributed by atoms with E-state index in [1.165, 1.54) is 6.07 Å². The molecule has 152 valence electrons. The molecular formula is C20H29FN6O. The molecule has 0 spiro atoms. The molecule has 1 aliphatic heterocycles. The normalized spacial score (nSPS) is 16.6. The number of guanidine groups is 1. The Morgan fingerprint density at radius 3 is 2.93 bits per heavy atom. The van der Waals surface area contributed by atoms with Crippen LogP contribution in [0.3, 0.4) is 0 Å². The van der Waals surface area contributed by atoms with E-state index in [-0.39, 0.29) is 17.6 Å². The third-order valence-corrected chi connectivity index (χ3v) is 4.62. The van der Waals surface area contributed by atoms with Gasteiger partial charge in [-0.05, 0) is 38.0 Å². The Labute approximate surface area is 165 Å². The second kappa shape index (κ2) is 9.52. The predicted molar refractivity (Wildman–Crippen MR) is 107 cm³/mol. The van der Waals surface area contributed by atoms with Gasteiger partial charge in [0.25, 0.3) is 0 Å². The second-order valence-electron chi connectivity index (χ2n) is 6.75. The van der Waals surface area contributed by atoms with Gasteiger partial charge >= 0.3 is 0 Å². The van der Waals surface area contributed by atoms with Crippen molar-refractivity contribution in [3.8, 4) is 5.75 Å². The topological polar surface area (TPSA) is 76.4 Å². The molecule has 1 atom stereocenters. The van der Waals surface area contributed by atoms with E-state index in [0.717, 1.165) is 55.5 Å². The molecule has 0 saturated heterocycles. The summed E-state index contributed by atoms with van der Waals surface area (Å²) in [4.78, 5) is 9.17. The Balaban J connectivity index is 1.64. The summed E-state index contributed by atoms with van der Waals surface area (Å²) in [6.07, 6.45) is 2.72. The van der Waals surface area contributed by atoms with Gasteiger partial charge in [-0.3, -0.25) is 0 Å². The number of ether oxygens (including phenoxy) is 1. The predicted octanol–water partition coefficient (Wildman–Crippen LogP) is 2.45. The first kappa shape index (κ1) is 20.1. The summed E-state index contributed by atoms with van der Waals surface area (Å²) in [5.41, 5.74) is 0.799. The molecule has 2 N–H and O–H groups in total. The third-order valence-electron chi connectivity index (χ3n) is 4.62. The Kier molecular flexibility index (Phi) is 6.84. The maximum absolute atomic E-state index is 14.0. The van der Waals surface area contributed by atoms with Crippen molar-refractivity contribution in [2.45, 2.75) is 59.2 Å². The fourth-order valence-corrected chi connectivity index (χ4v) is 3.23. The maximum atomic E-state index is 14.0. The molecule has 8 heteroatoms. The number of hydrogen-bond acceptors (Lipinski definition) is 4. The molecule has 28 heavy (non-hydrogen) atoms. The number of nitrogens with one attached hydrogen (secondary N) is 2. The first-order valence-electron chi connectivity index (χ1n) is 10.0. The van der Waals surface area contributed by atoms with Crippen LogP contribution in [0.5, 0.6) is 5.75 Å². The van der Waals surface area contributed by atoms with Gasteiger partial charge in [-0.25, -0.2) is 19.0 Å². The number of aryl methyl sites for hydroxylation is 2. The number of benzene rings is 1. The van der Waals surface area contributed by atoms with Crippen molar-refractivity contribution in [3.05, 3.63) is 41.2 Å². The van der Waals surface area contributed by atoms with E-state index in [9.17, 15) is 4.39 Å². The quantitative estimate of drug-likeness (QED) is 0.563. The molecule has 0 aliphatic carbocycles. The molecule has 0 radical (unpaired) electrons. The van der Waals surface area contributed by atoms with E-state index < -0.39 is 0 Å². The fourth-order valence-electron chi connectivity index (χ4n) is 3.23. The van der Waals surface area contributed by atoms with Gasteiger partial charge in [-0.2, -0.15) is 5.10 Å². The molecule has 0 saturated carbocycles. The molecule has 7 nitrogen and oxygen atoms in total. The van der Waals surface area contributed by atoms with E-state index in [1.54, 1.807) is 6.07 Å². The third kappa shape index (κ3) is 4.99. The maximum Gasteiger partial charge on any atom is 0.191 e. The van der Waals surface area contributed by atoms with Crippen molar-refractivity contribution in [1.82, 2.24) is 25.4 Å². The number of aromatic nitrogens is 3. The van der Waals surface area contributed by atoms with Crippen LogP contribution in [0.25, 0.3) is 0 Å². The van der Waals surface area contributed by atoms with Crippen LogP contribution in [0.4, 0.5) is 4.39 Å². The van der Waals surface area contributed by atoms with E-state index >= 15 is 0 Å². The van der Waals surface area contributed by atoms with E-state index in [0.29, 0.717) is 13.2 Å². The van der Waals surface area contributed by atoms with E-state index in [4.69, 9.17) is 4.74 Å². The summed E-state index contributed by atoms with van der Waals surface area (Å²) in [6, 6.07) is 5.21. The van der Waals surface area contributed by atoms with Crippen LogP contribution >= 0.6 is 0 Å². The van der Waals surface area contributed by atoms with Gasteiger partial charge in [0.15, 0.2) is 23.4 Å². The van der Waals surface area contributed by atoms with Crippen LogP contribution < -0.4 is 15.4 Å². The molecule has 2 aromatic rings. The Morgan fingerprint density at radius 1 is 1.36 bits per heavy atom. The smallest absolute Gasteiger partial charge is 0.191 e. The lowest BCUT2D eigenvalue weighted by Crippen LogP contribution is -2.47. The lowest BCUT2D eigenvalue weighted by molar-refractivity contribution is 0.321. The molecule has 1 aliphatic rings. The van der Waals surface area contributed by atoms with Crippen LogP contribution in [0.1, 0.15) is 44.4 Å². The number of halogens is 1. The summed E-state index contributed by atoms with van der Waals surface area (Å²) in [6.45, 7) is 8.28. The highest BCUT2D eigenvalue weighted by Crippen LogP contribution is 2.19. The summed E-state index contributed by atoms with van der Waals surface area (Å²) >= 11 is 0. The first-order chi connectivity index (χ1) is 13.6. The average Bonchev–Trinajstić information content (AvgIpc) is 3.11. The van der Waals surface area contributed by atoms with Crippen molar-refractivity contribution in [2.24, 2.45) is 4.99 Å². The minimum absolute atomic E-state index is 0.230. The molecule has 3 rings (SSSR count). The lowest BCUT2D eigenvalue weighted by atomic mass is 10.1. The number of fused-ring (bicyclic) bond motifs is 1. The van der Waals surface area contributed by atoms with Crippen molar-refractivity contribution >= 4 is 5.96 Å². The summed E-state index contributed by atoms with van der Waals surface area (Å²) in [5.74, 6) is 2.60. The zero-order valence-electron chi connectivity index (χ0n) is 16.8. The van der Waals surface area contributed by atoms with Crippen LogP contribution in [-0.2, 0) is 25.9 Å². The van der Waals surface area contributed by atoms with Crippen molar-refractivity contribution in [1.29, 1.82) is 0 Å². The number of nitrogens with zero attached hydrogens (tertiary/aromatic N) is 4. The zero-order valence-corrected chi connectivity index (χ0v) is 16.8. The summed E-state index contributed by atoms with van der Waals surface area (Å²) < 4.78 is 21.3. The van der Waals surface area contributed by atoms with Gasteiger partial charge < -0.3 is 15.4 Å². The molecule has 0 bridgehead atoms. The molecule has 2 heterocycles. The standard InChI is InChI=1S/C20H29FN6O/c1-4-18-25-19-10-8-15(13-27(19)26-18)24-20(22-5-2)23-12-14-7-9-17(28-6-3)16(21)11-14/h7,9,11,15H,4-6,8,10,12-13H2,1-3H3,(H2,22,23,24). The van der Waals surface area contributed by atoms with Gasteiger partial charge in [-0.1, -0.05) is 13.0 Å². The minimum atomic E-state index is -0.356. The number of rotatable bonds is 7. The van der Waals surface area contributed by atoms with Gasteiger partial charge in [0.05, 0.1) is 19.7 Å². The fraction of sp³-hybridized carbons (Fsp3) is 0.550. The van der Waals surface area contributed by atoms with Gasteiger partial charge in [0.2, 0.25) is 0 Å². The molecule has 0 fully saturated rings. The molecular weight excluding hydrogens is 359 g/mol. The van der Waals surface area contributed by atoms with Crippen molar-refractivity contribution in [2.75, 3.05) is 13.2 Å². The SMILES string of the molecule is CCNC(=NCc1ccc(OCC)c(F)c1)NC1CCc2nc(CC)nn2C1. The Morgan fingerprint density at radius 2 is 2.21 bits per heavy atom. The summed E-state index contributed by atoms with van der Waals surface area (Å²) in [5, 5.41) is 11.3. The Hall–Kier alpha value is -2.64. The van der Waals surface area contributed by atoms with E-state index in [2.05, 4.69) is 32.6 Å². The molecule has 1 aromatic heterocycles.